The third kappa shape index (κ3) is 5.09. The van der Waals surface area contributed by atoms with Gasteiger partial charge < -0.3 is 10.1 Å². The molecule has 17 heavy (non-hydrogen) atoms. The normalized spacial score (nSPS) is 12.3. The minimum Gasteiger partial charge on any atom is -0.481 e. The van der Waals surface area contributed by atoms with Crippen LogP contribution < -0.4 is 10.1 Å². The Hall–Kier alpha value is -1.22. The zero-order valence-electron chi connectivity index (χ0n) is 10.4. The van der Waals surface area contributed by atoms with Gasteiger partial charge in [-0.3, -0.25) is 4.79 Å². The Morgan fingerprint density at radius 1 is 1.41 bits per heavy atom. The molecular formula is C13H18ClNO2. The molecule has 94 valence electrons. The fraction of sp³-hybridized carbons (Fsp3) is 0.462. The molecule has 0 radical (unpaired) electrons. The fourth-order valence-electron chi connectivity index (χ4n) is 1.25. The van der Waals surface area contributed by atoms with Gasteiger partial charge in [-0.1, -0.05) is 31.5 Å². The van der Waals surface area contributed by atoms with Gasteiger partial charge in [0.2, 0.25) is 0 Å². The van der Waals surface area contributed by atoms with E-state index in [1.165, 1.54) is 0 Å². The highest BCUT2D eigenvalue weighted by Gasteiger charge is 2.14. The number of ether oxygens (including phenoxy) is 1. The Bertz CT molecular complexity index is 379. The highest BCUT2D eigenvalue weighted by atomic mass is 35.5. The van der Waals surface area contributed by atoms with Gasteiger partial charge in [-0.05, 0) is 31.0 Å². The van der Waals surface area contributed by atoms with E-state index in [0.29, 0.717) is 23.2 Å². The highest BCUT2D eigenvalue weighted by molar-refractivity contribution is 6.30. The standard InChI is InChI=1S/C13H18ClNO2/c1-9(2)8-15-13(16)10(3)17-12-6-4-5-11(14)7-12/h4-7,9-10H,8H2,1-3H3,(H,15,16). The summed E-state index contributed by atoms with van der Waals surface area (Å²) in [6, 6.07) is 7.01. The molecule has 1 atom stereocenters. The maximum atomic E-state index is 11.7. The van der Waals surface area contributed by atoms with Crippen molar-refractivity contribution in [1.82, 2.24) is 5.32 Å². The summed E-state index contributed by atoms with van der Waals surface area (Å²) in [4.78, 5) is 11.7. The molecule has 0 fully saturated rings. The fourth-order valence-corrected chi connectivity index (χ4v) is 1.43. The molecular weight excluding hydrogens is 238 g/mol. The minimum atomic E-state index is -0.521. The number of nitrogens with one attached hydrogen (secondary N) is 1. The van der Waals surface area contributed by atoms with Gasteiger partial charge in [-0.25, -0.2) is 0 Å². The number of halogens is 1. The molecule has 0 saturated carbocycles. The first-order valence-corrected chi connectivity index (χ1v) is 6.06. The van der Waals surface area contributed by atoms with Crippen molar-refractivity contribution >= 4 is 17.5 Å². The monoisotopic (exact) mass is 255 g/mol. The Kier molecular flexibility index (Phi) is 5.29. The van der Waals surface area contributed by atoms with Crippen molar-refractivity contribution in [1.29, 1.82) is 0 Å². The second-order valence-corrected chi connectivity index (χ2v) is 4.79. The zero-order valence-corrected chi connectivity index (χ0v) is 11.1. The molecule has 0 aliphatic heterocycles. The van der Waals surface area contributed by atoms with E-state index in [-0.39, 0.29) is 5.91 Å². The average molecular weight is 256 g/mol. The summed E-state index contributed by atoms with van der Waals surface area (Å²) in [5.74, 6) is 0.917. The van der Waals surface area contributed by atoms with Crippen molar-refractivity contribution < 1.29 is 9.53 Å². The summed E-state index contributed by atoms with van der Waals surface area (Å²) in [5, 5.41) is 3.41. The number of carbonyl (C=O) groups excluding carboxylic acids is 1. The molecule has 0 spiro atoms. The van der Waals surface area contributed by atoms with Crippen LogP contribution in [0.5, 0.6) is 5.75 Å². The van der Waals surface area contributed by atoms with E-state index in [1.54, 1.807) is 31.2 Å². The van der Waals surface area contributed by atoms with E-state index in [9.17, 15) is 4.79 Å². The van der Waals surface area contributed by atoms with Crippen LogP contribution in [-0.2, 0) is 4.79 Å². The number of rotatable bonds is 5. The minimum absolute atomic E-state index is 0.112. The first-order chi connectivity index (χ1) is 7.99. The maximum Gasteiger partial charge on any atom is 0.260 e. The largest absolute Gasteiger partial charge is 0.481 e. The molecule has 1 amide bonds. The molecule has 1 unspecified atom stereocenters. The molecule has 0 aliphatic rings. The maximum absolute atomic E-state index is 11.7. The molecule has 1 aromatic carbocycles. The highest BCUT2D eigenvalue weighted by Crippen LogP contribution is 2.18. The van der Waals surface area contributed by atoms with Crippen LogP contribution in [0, 0.1) is 5.92 Å². The molecule has 1 N–H and O–H groups in total. The summed E-state index contributed by atoms with van der Waals surface area (Å²) in [6.45, 7) is 6.46. The predicted octanol–water partition coefficient (Wildman–Crippen LogP) is 2.88. The second kappa shape index (κ2) is 6.50. The first-order valence-electron chi connectivity index (χ1n) is 5.69. The van der Waals surface area contributed by atoms with Crippen molar-refractivity contribution in [2.24, 2.45) is 5.92 Å². The smallest absolute Gasteiger partial charge is 0.260 e. The van der Waals surface area contributed by atoms with E-state index in [4.69, 9.17) is 16.3 Å². The summed E-state index contributed by atoms with van der Waals surface area (Å²) in [5.41, 5.74) is 0. The van der Waals surface area contributed by atoms with Crippen LogP contribution in [-0.4, -0.2) is 18.6 Å². The molecule has 0 heterocycles. The van der Waals surface area contributed by atoms with Crippen LogP contribution in [0.3, 0.4) is 0 Å². The molecule has 4 heteroatoms. The van der Waals surface area contributed by atoms with Gasteiger partial charge >= 0.3 is 0 Å². The first kappa shape index (κ1) is 13.8. The van der Waals surface area contributed by atoms with Gasteiger partial charge in [-0.15, -0.1) is 0 Å². The van der Waals surface area contributed by atoms with E-state index in [2.05, 4.69) is 5.32 Å². The van der Waals surface area contributed by atoms with E-state index >= 15 is 0 Å². The lowest BCUT2D eigenvalue weighted by atomic mass is 10.2. The molecule has 1 rings (SSSR count). The summed E-state index contributed by atoms with van der Waals surface area (Å²) >= 11 is 5.83. The average Bonchev–Trinajstić information content (AvgIpc) is 2.25. The zero-order chi connectivity index (χ0) is 12.8. The van der Waals surface area contributed by atoms with Crippen LogP contribution >= 0.6 is 11.6 Å². The van der Waals surface area contributed by atoms with Crippen molar-refractivity contribution in [3.63, 3.8) is 0 Å². The van der Waals surface area contributed by atoms with Gasteiger partial charge in [0, 0.05) is 11.6 Å². The van der Waals surface area contributed by atoms with Crippen LogP contribution in [0.25, 0.3) is 0 Å². The van der Waals surface area contributed by atoms with Gasteiger partial charge in [0.05, 0.1) is 0 Å². The van der Waals surface area contributed by atoms with E-state index in [0.717, 1.165) is 0 Å². The third-order valence-electron chi connectivity index (χ3n) is 2.16. The van der Waals surface area contributed by atoms with E-state index < -0.39 is 6.10 Å². The lowest BCUT2D eigenvalue weighted by Crippen LogP contribution is -2.38. The van der Waals surface area contributed by atoms with Gasteiger partial charge in [0.1, 0.15) is 5.75 Å². The Balaban J connectivity index is 2.48. The van der Waals surface area contributed by atoms with Crippen LogP contribution in [0.2, 0.25) is 5.02 Å². The number of hydrogen-bond acceptors (Lipinski definition) is 2. The van der Waals surface area contributed by atoms with Crippen LogP contribution in [0.15, 0.2) is 24.3 Å². The predicted molar refractivity (Wildman–Crippen MR) is 69.4 cm³/mol. The Labute approximate surface area is 107 Å². The Morgan fingerprint density at radius 3 is 2.71 bits per heavy atom. The second-order valence-electron chi connectivity index (χ2n) is 4.36. The summed E-state index contributed by atoms with van der Waals surface area (Å²) in [7, 11) is 0. The molecule has 0 aliphatic carbocycles. The third-order valence-corrected chi connectivity index (χ3v) is 2.40. The van der Waals surface area contributed by atoms with Gasteiger partial charge in [0.15, 0.2) is 6.10 Å². The quantitative estimate of drug-likeness (QED) is 0.879. The van der Waals surface area contributed by atoms with Crippen LogP contribution in [0.1, 0.15) is 20.8 Å². The molecule has 0 aromatic heterocycles. The lowest BCUT2D eigenvalue weighted by Gasteiger charge is -2.15. The van der Waals surface area contributed by atoms with Crippen molar-refractivity contribution in [2.45, 2.75) is 26.9 Å². The van der Waals surface area contributed by atoms with Gasteiger partial charge in [0.25, 0.3) is 5.91 Å². The van der Waals surface area contributed by atoms with Crippen molar-refractivity contribution in [2.75, 3.05) is 6.54 Å². The van der Waals surface area contributed by atoms with E-state index in [1.807, 2.05) is 13.8 Å². The molecule has 0 bridgehead atoms. The SMILES string of the molecule is CC(C)CNC(=O)C(C)Oc1cccc(Cl)c1. The number of benzene rings is 1. The molecule has 3 nitrogen and oxygen atoms in total. The lowest BCUT2D eigenvalue weighted by molar-refractivity contribution is -0.127. The molecule has 0 saturated heterocycles. The van der Waals surface area contributed by atoms with Crippen LogP contribution in [0.4, 0.5) is 0 Å². The van der Waals surface area contributed by atoms with Crippen molar-refractivity contribution in [3.8, 4) is 5.75 Å². The van der Waals surface area contributed by atoms with Crippen molar-refractivity contribution in [3.05, 3.63) is 29.3 Å². The van der Waals surface area contributed by atoms with Gasteiger partial charge in [-0.2, -0.15) is 0 Å². The number of hydrogen-bond donors (Lipinski definition) is 1. The number of amides is 1. The summed E-state index contributed by atoms with van der Waals surface area (Å²) in [6.07, 6.45) is -0.521. The Morgan fingerprint density at radius 2 is 2.12 bits per heavy atom. The molecule has 1 aromatic rings. The summed E-state index contributed by atoms with van der Waals surface area (Å²) < 4.78 is 5.49. The topological polar surface area (TPSA) is 38.3 Å². The number of carbonyl (C=O) groups is 1.